The lowest BCUT2D eigenvalue weighted by atomic mass is 9.95. The van der Waals surface area contributed by atoms with Crippen LogP contribution in [-0.4, -0.2) is 74.4 Å². The minimum atomic E-state index is -3.65. The van der Waals surface area contributed by atoms with Crippen molar-refractivity contribution in [3.8, 4) is 5.75 Å². The summed E-state index contributed by atoms with van der Waals surface area (Å²) in [5, 5.41) is 11.2. The maximum atomic E-state index is 13.1. The van der Waals surface area contributed by atoms with Crippen molar-refractivity contribution in [3.05, 3.63) is 77.9 Å². The van der Waals surface area contributed by atoms with Gasteiger partial charge in [0.15, 0.2) is 0 Å². The summed E-state index contributed by atoms with van der Waals surface area (Å²) in [6.45, 7) is 5.25. The zero-order valence-electron chi connectivity index (χ0n) is 21.3. The van der Waals surface area contributed by atoms with Gasteiger partial charge in [0.2, 0.25) is 10.0 Å². The number of nitrogens with zero attached hydrogens (tertiary/aromatic N) is 2. The van der Waals surface area contributed by atoms with Crippen molar-refractivity contribution in [2.24, 2.45) is 0 Å². The smallest absolute Gasteiger partial charge is 0.295 e. The van der Waals surface area contributed by atoms with Crippen molar-refractivity contribution >= 4 is 27.5 Å². The molecular formula is C28H32N2O7S. The number of sulfonamides is 1. The number of carbonyl (C=O) groups excluding carboxylic acids is 2. The van der Waals surface area contributed by atoms with E-state index in [0.29, 0.717) is 31.0 Å². The zero-order valence-corrected chi connectivity index (χ0v) is 22.2. The Kier molecular flexibility index (Phi) is 8.65. The number of likely N-dealkylation sites (tertiary alicyclic amines) is 1. The lowest BCUT2D eigenvalue weighted by molar-refractivity contribution is -0.140. The Morgan fingerprint density at radius 3 is 2.32 bits per heavy atom. The van der Waals surface area contributed by atoms with E-state index in [-0.39, 0.29) is 34.9 Å². The first kappa shape index (κ1) is 27.6. The summed E-state index contributed by atoms with van der Waals surface area (Å²) < 4.78 is 38.2. The van der Waals surface area contributed by atoms with Crippen LogP contribution in [0.25, 0.3) is 5.76 Å². The van der Waals surface area contributed by atoms with Crippen LogP contribution in [0.2, 0.25) is 0 Å². The summed E-state index contributed by atoms with van der Waals surface area (Å²) in [5.41, 5.74) is 0.776. The Morgan fingerprint density at radius 1 is 1.05 bits per heavy atom. The first-order chi connectivity index (χ1) is 18.3. The van der Waals surface area contributed by atoms with Gasteiger partial charge in [0.1, 0.15) is 18.1 Å². The van der Waals surface area contributed by atoms with Gasteiger partial charge in [0.05, 0.1) is 23.1 Å². The van der Waals surface area contributed by atoms with Gasteiger partial charge in [-0.05, 0) is 54.8 Å². The number of amides is 1. The van der Waals surface area contributed by atoms with E-state index < -0.39 is 27.8 Å². The molecule has 2 fully saturated rings. The van der Waals surface area contributed by atoms with E-state index >= 15 is 0 Å². The number of hydrogen-bond acceptors (Lipinski definition) is 7. The fourth-order valence-corrected chi connectivity index (χ4v) is 6.26. The second-order valence-corrected chi connectivity index (χ2v) is 11.1. The van der Waals surface area contributed by atoms with Crippen LogP contribution in [0.4, 0.5) is 0 Å². The summed E-state index contributed by atoms with van der Waals surface area (Å²) in [4.78, 5) is 27.6. The number of ketones is 1. The zero-order chi connectivity index (χ0) is 27.3. The molecule has 0 bridgehead atoms. The minimum absolute atomic E-state index is 0.0718. The second-order valence-electron chi connectivity index (χ2n) is 9.14. The molecular weight excluding hydrogens is 508 g/mol. The van der Waals surface area contributed by atoms with Crippen molar-refractivity contribution < 1.29 is 32.6 Å². The number of ether oxygens (including phenoxy) is 2. The van der Waals surface area contributed by atoms with E-state index in [1.807, 2.05) is 0 Å². The molecule has 1 amide bonds. The van der Waals surface area contributed by atoms with E-state index in [1.165, 1.54) is 40.6 Å². The number of piperidine rings is 1. The molecule has 0 spiro atoms. The Labute approximate surface area is 223 Å². The average molecular weight is 541 g/mol. The van der Waals surface area contributed by atoms with Gasteiger partial charge in [0, 0.05) is 32.3 Å². The molecule has 2 aromatic rings. The van der Waals surface area contributed by atoms with Crippen molar-refractivity contribution in [3.63, 3.8) is 0 Å². The average Bonchev–Trinajstić information content (AvgIpc) is 3.20. The maximum Gasteiger partial charge on any atom is 0.295 e. The number of aliphatic hydroxyl groups excluding tert-OH is 1. The molecule has 9 nitrogen and oxygen atoms in total. The highest BCUT2D eigenvalue weighted by Gasteiger charge is 2.46. The molecule has 2 heterocycles. The summed E-state index contributed by atoms with van der Waals surface area (Å²) in [6, 6.07) is 11.8. The molecule has 10 heteroatoms. The van der Waals surface area contributed by atoms with Crippen LogP contribution in [0.1, 0.15) is 36.4 Å². The summed E-state index contributed by atoms with van der Waals surface area (Å²) in [7, 11) is -2.16. The van der Waals surface area contributed by atoms with E-state index in [4.69, 9.17) is 9.47 Å². The van der Waals surface area contributed by atoms with Gasteiger partial charge in [-0.15, -0.1) is 0 Å². The Hall–Kier alpha value is -3.47. The lowest BCUT2D eigenvalue weighted by Crippen LogP contribution is -2.35. The van der Waals surface area contributed by atoms with Crippen LogP contribution in [0, 0.1) is 0 Å². The number of methoxy groups -OCH3 is 1. The predicted molar refractivity (Wildman–Crippen MR) is 142 cm³/mol. The highest BCUT2D eigenvalue weighted by atomic mass is 32.2. The monoisotopic (exact) mass is 540 g/mol. The third-order valence-corrected chi connectivity index (χ3v) is 8.63. The molecule has 2 aliphatic rings. The first-order valence-corrected chi connectivity index (χ1v) is 13.9. The second kappa shape index (κ2) is 11.9. The topological polar surface area (TPSA) is 113 Å². The van der Waals surface area contributed by atoms with Crippen molar-refractivity contribution in [2.45, 2.75) is 30.2 Å². The highest BCUT2D eigenvalue weighted by molar-refractivity contribution is 7.89. The molecule has 1 atom stereocenters. The molecule has 0 radical (unpaired) electrons. The molecule has 1 N–H and O–H groups in total. The van der Waals surface area contributed by atoms with Crippen LogP contribution in [0.5, 0.6) is 5.75 Å². The molecule has 2 aromatic carbocycles. The molecule has 202 valence electrons. The summed E-state index contributed by atoms with van der Waals surface area (Å²) >= 11 is 0. The third-order valence-electron chi connectivity index (χ3n) is 6.72. The summed E-state index contributed by atoms with van der Waals surface area (Å²) in [5.74, 6) is -1.35. The third kappa shape index (κ3) is 5.52. The number of aliphatic hydroxyl groups is 1. The van der Waals surface area contributed by atoms with E-state index in [9.17, 15) is 23.1 Å². The van der Waals surface area contributed by atoms with Gasteiger partial charge in [-0.2, -0.15) is 4.31 Å². The molecule has 38 heavy (non-hydrogen) atoms. The molecule has 0 saturated carbocycles. The normalized spacial score (nSPS) is 20.0. The Balaban J connectivity index is 1.71. The quantitative estimate of drug-likeness (QED) is 0.212. The number of carbonyl (C=O) groups is 2. The SMILES string of the molecule is C=CCOc1ccc([C@@H]2C(=C(O)c3ccc(S(=O)(=O)N4CCCCC4)cc3)C(=O)C(=O)N2CCOC)cc1. The van der Waals surface area contributed by atoms with Gasteiger partial charge in [-0.25, -0.2) is 8.42 Å². The number of rotatable bonds is 10. The fourth-order valence-electron chi connectivity index (χ4n) is 4.74. The maximum absolute atomic E-state index is 13.1. The molecule has 4 rings (SSSR count). The molecule has 0 unspecified atom stereocenters. The fraction of sp³-hybridized carbons (Fsp3) is 0.357. The van der Waals surface area contributed by atoms with Gasteiger partial charge in [0.25, 0.3) is 11.7 Å². The minimum Gasteiger partial charge on any atom is -0.507 e. The van der Waals surface area contributed by atoms with Crippen LogP contribution in [-0.2, 0) is 24.3 Å². The Morgan fingerprint density at radius 2 is 1.71 bits per heavy atom. The Bertz CT molecular complexity index is 1310. The van der Waals surface area contributed by atoms with E-state index in [2.05, 4.69) is 6.58 Å². The number of hydrogen-bond donors (Lipinski definition) is 1. The standard InChI is InChI=1S/C28H32N2O7S/c1-3-18-37-22-11-7-20(8-12-22)25-24(27(32)28(33)30(25)17-19-36-2)26(31)21-9-13-23(14-10-21)38(34,35)29-15-5-4-6-16-29/h3,7-14,25,31H,1,4-6,15-19H2,2H3/t25-/m1/s1. The van der Waals surface area contributed by atoms with Crippen molar-refractivity contribution in [2.75, 3.05) is 40.0 Å². The summed E-state index contributed by atoms with van der Waals surface area (Å²) in [6.07, 6.45) is 4.27. The number of Topliss-reactive ketones (excluding diaryl/α,β-unsaturated/α-hetero) is 1. The van der Waals surface area contributed by atoms with Crippen molar-refractivity contribution in [1.29, 1.82) is 0 Å². The highest BCUT2D eigenvalue weighted by Crippen LogP contribution is 2.39. The molecule has 0 aromatic heterocycles. The van der Waals surface area contributed by atoms with Gasteiger partial charge >= 0.3 is 0 Å². The molecule has 0 aliphatic carbocycles. The first-order valence-electron chi connectivity index (χ1n) is 12.5. The van der Waals surface area contributed by atoms with Crippen molar-refractivity contribution in [1.82, 2.24) is 9.21 Å². The molecule has 2 aliphatic heterocycles. The van der Waals surface area contributed by atoms with Gasteiger partial charge < -0.3 is 19.5 Å². The molecule has 2 saturated heterocycles. The lowest BCUT2D eigenvalue weighted by Gasteiger charge is -2.26. The largest absolute Gasteiger partial charge is 0.507 e. The number of benzene rings is 2. The van der Waals surface area contributed by atoms with E-state index in [1.54, 1.807) is 30.3 Å². The van der Waals surface area contributed by atoms with Crippen LogP contribution >= 0.6 is 0 Å². The van der Waals surface area contributed by atoms with Crippen LogP contribution < -0.4 is 4.74 Å². The van der Waals surface area contributed by atoms with Crippen LogP contribution in [0.3, 0.4) is 0 Å². The van der Waals surface area contributed by atoms with Crippen LogP contribution in [0.15, 0.2) is 71.7 Å². The predicted octanol–water partition coefficient (Wildman–Crippen LogP) is 3.49. The van der Waals surface area contributed by atoms with E-state index in [0.717, 1.165) is 19.3 Å². The van der Waals surface area contributed by atoms with Gasteiger partial charge in [-0.1, -0.05) is 31.2 Å². The van der Waals surface area contributed by atoms with Gasteiger partial charge in [-0.3, -0.25) is 9.59 Å².